The lowest BCUT2D eigenvalue weighted by molar-refractivity contribution is -0.198. The number of imidazole rings is 1. The SMILES string of the molecule is CCN(CCC1(C)CNC(C(=O)O)C1)c1cc(OC(c2ccc(Cl)cc2-n2cnc3ccccc32)C(F)(F)F)nc(N)n1. The molecule has 1 aliphatic heterocycles. The van der Waals surface area contributed by atoms with E-state index in [2.05, 4.69) is 20.3 Å². The zero-order valence-electron chi connectivity index (χ0n) is 23.5. The number of nitrogens with zero attached hydrogens (tertiary/aromatic N) is 5. The van der Waals surface area contributed by atoms with Crippen LogP contribution in [0.15, 0.2) is 54.9 Å². The molecule has 1 aliphatic rings. The number of nitrogens with two attached hydrogens (primary N) is 1. The van der Waals surface area contributed by atoms with Gasteiger partial charge in [0.1, 0.15) is 18.2 Å². The van der Waals surface area contributed by atoms with Crippen LogP contribution in [0.5, 0.6) is 5.88 Å². The fourth-order valence-corrected chi connectivity index (χ4v) is 5.56. The smallest absolute Gasteiger partial charge is 0.429 e. The molecule has 2 aromatic carbocycles. The summed E-state index contributed by atoms with van der Waals surface area (Å²) in [7, 11) is 0. The van der Waals surface area contributed by atoms with Crippen molar-refractivity contribution >= 4 is 40.4 Å². The number of benzene rings is 2. The van der Waals surface area contributed by atoms with Crippen LogP contribution in [0.3, 0.4) is 0 Å². The molecular weight excluding hydrogens is 587 g/mol. The van der Waals surface area contributed by atoms with E-state index in [9.17, 15) is 23.1 Å². The maximum absolute atomic E-state index is 14.7. The average Bonchev–Trinajstić information content (AvgIpc) is 3.56. The van der Waals surface area contributed by atoms with Gasteiger partial charge in [-0.3, -0.25) is 9.36 Å². The molecule has 0 spiro atoms. The Morgan fingerprint density at radius 1 is 1.28 bits per heavy atom. The van der Waals surface area contributed by atoms with Gasteiger partial charge < -0.3 is 25.8 Å². The molecule has 43 heavy (non-hydrogen) atoms. The number of aliphatic carboxylic acids is 1. The summed E-state index contributed by atoms with van der Waals surface area (Å²) >= 11 is 6.23. The van der Waals surface area contributed by atoms with E-state index in [4.69, 9.17) is 22.1 Å². The topological polar surface area (TPSA) is 131 Å². The summed E-state index contributed by atoms with van der Waals surface area (Å²) in [5, 5.41) is 12.6. The first-order chi connectivity index (χ1) is 20.4. The van der Waals surface area contributed by atoms with Crippen molar-refractivity contribution in [3.05, 3.63) is 65.4 Å². The van der Waals surface area contributed by atoms with E-state index in [0.717, 1.165) is 0 Å². The Hall–Kier alpha value is -4.10. The first kappa shape index (κ1) is 30.4. The number of ether oxygens (including phenoxy) is 1. The Balaban J connectivity index is 1.45. The standard InChI is InChI=1S/C29H31ClF3N7O3/c1-3-39(11-10-28(2)14-20(26(41)42)35-15-28)23-13-24(38-27(34)37-23)43-25(29(31,32)33)18-9-8-17(30)12-22(18)40-16-36-19-6-4-5-7-21(19)40/h4-9,12-13,16,20,25,35H,3,10-11,14-15H2,1-2H3,(H,41,42)(H2,34,37,38). The first-order valence-corrected chi connectivity index (χ1v) is 14.1. The van der Waals surface area contributed by atoms with Crippen LogP contribution >= 0.6 is 11.6 Å². The Morgan fingerprint density at radius 2 is 2.05 bits per heavy atom. The van der Waals surface area contributed by atoms with Crippen LogP contribution in [-0.2, 0) is 4.79 Å². The van der Waals surface area contributed by atoms with Gasteiger partial charge in [-0.25, -0.2) is 4.98 Å². The molecule has 4 aromatic rings. The number of hydrogen-bond donors (Lipinski definition) is 3. The molecule has 14 heteroatoms. The summed E-state index contributed by atoms with van der Waals surface area (Å²) in [5.41, 5.74) is 6.82. The van der Waals surface area contributed by atoms with Gasteiger partial charge in [-0.1, -0.05) is 36.7 Å². The van der Waals surface area contributed by atoms with E-state index in [1.165, 1.54) is 35.2 Å². The van der Waals surface area contributed by atoms with Crippen LogP contribution in [-0.4, -0.2) is 62.4 Å². The van der Waals surface area contributed by atoms with Crippen molar-refractivity contribution in [1.29, 1.82) is 0 Å². The lowest BCUT2D eigenvalue weighted by Gasteiger charge is -2.29. The van der Waals surface area contributed by atoms with E-state index < -0.39 is 24.3 Å². The van der Waals surface area contributed by atoms with Gasteiger partial charge in [0.15, 0.2) is 0 Å². The number of carboxylic acid groups (broad SMARTS) is 1. The summed E-state index contributed by atoms with van der Waals surface area (Å²) < 4.78 is 51.1. The van der Waals surface area contributed by atoms with E-state index in [1.54, 1.807) is 24.3 Å². The van der Waals surface area contributed by atoms with E-state index in [1.807, 2.05) is 18.7 Å². The minimum absolute atomic E-state index is 0.152. The zero-order chi connectivity index (χ0) is 30.9. The number of nitrogens with one attached hydrogen (secondary N) is 1. The first-order valence-electron chi connectivity index (χ1n) is 13.7. The molecule has 0 amide bonds. The molecule has 5 rings (SSSR count). The third-order valence-electron chi connectivity index (χ3n) is 7.69. The highest BCUT2D eigenvalue weighted by Crippen LogP contribution is 2.41. The molecule has 10 nitrogen and oxygen atoms in total. The fraction of sp³-hybridized carbons (Fsp3) is 0.379. The molecule has 3 atom stereocenters. The maximum Gasteiger partial charge on any atom is 0.429 e. The van der Waals surface area contributed by atoms with Gasteiger partial charge in [0, 0.05) is 36.3 Å². The Morgan fingerprint density at radius 3 is 2.74 bits per heavy atom. The van der Waals surface area contributed by atoms with Crippen molar-refractivity contribution in [3.8, 4) is 11.6 Å². The number of anilines is 2. The highest BCUT2D eigenvalue weighted by Gasteiger charge is 2.45. The number of aromatic nitrogens is 4. The lowest BCUT2D eigenvalue weighted by Crippen LogP contribution is -2.31. The van der Waals surface area contributed by atoms with Crippen LogP contribution in [0.2, 0.25) is 5.02 Å². The van der Waals surface area contributed by atoms with Crippen molar-refractivity contribution in [2.45, 2.75) is 45.0 Å². The number of fused-ring (bicyclic) bond motifs is 1. The molecule has 1 saturated heterocycles. The van der Waals surface area contributed by atoms with Crippen LogP contribution in [0.25, 0.3) is 16.7 Å². The maximum atomic E-state index is 14.7. The third kappa shape index (κ3) is 6.62. The van der Waals surface area contributed by atoms with Gasteiger partial charge >= 0.3 is 12.1 Å². The highest BCUT2D eigenvalue weighted by molar-refractivity contribution is 6.30. The molecule has 0 aliphatic carbocycles. The quantitative estimate of drug-likeness (QED) is 0.214. The summed E-state index contributed by atoms with van der Waals surface area (Å²) in [6, 6.07) is 11.8. The normalized spacial score (nSPS) is 19.4. The van der Waals surface area contributed by atoms with Crippen molar-refractivity contribution < 1.29 is 27.8 Å². The van der Waals surface area contributed by atoms with Crippen LogP contribution in [0, 0.1) is 5.41 Å². The van der Waals surface area contributed by atoms with Crippen LogP contribution in [0.1, 0.15) is 38.4 Å². The zero-order valence-corrected chi connectivity index (χ0v) is 24.2. The van der Waals surface area contributed by atoms with E-state index in [0.29, 0.717) is 49.3 Å². The average molecular weight is 618 g/mol. The molecule has 3 unspecified atom stereocenters. The predicted molar refractivity (Wildman–Crippen MR) is 157 cm³/mol. The molecule has 1 fully saturated rings. The summed E-state index contributed by atoms with van der Waals surface area (Å²) in [6.45, 7) is 5.35. The van der Waals surface area contributed by atoms with Gasteiger partial charge in [-0.15, -0.1) is 0 Å². The number of halogens is 4. The largest absolute Gasteiger partial charge is 0.480 e. The lowest BCUT2D eigenvalue weighted by atomic mass is 9.84. The van der Waals surface area contributed by atoms with E-state index >= 15 is 0 Å². The number of carboxylic acids is 1. The minimum Gasteiger partial charge on any atom is -0.480 e. The monoisotopic (exact) mass is 617 g/mol. The number of alkyl halides is 3. The molecule has 2 aromatic heterocycles. The number of hydrogen-bond acceptors (Lipinski definition) is 8. The second kappa shape index (κ2) is 11.9. The molecular formula is C29H31ClF3N7O3. The fourth-order valence-electron chi connectivity index (χ4n) is 5.39. The van der Waals surface area contributed by atoms with Crippen LogP contribution < -0.4 is 20.7 Å². The summed E-state index contributed by atoms with van der Waals surface area (Å²) in [4.78, 5) is 25.8. The van der Waals surface area contributed by atoms with Gasteiger partial charge in [0.05, 0.1) is 16.7 Å². The van der Waals surface area contributed by atoms with Crippen LogP contribution in [0.4, 0.5) is 24.9 Å². The third-order valence-corrected chi connectivity index (χ3v) is 7.93. The van der Waals surface area contributed by atoms with Gasteiger partial charge in [-0.05, 0) is 49.4 Å². The van der Waals surface area contributed by atoms with Gasteiger partial charge in [0.2, 0.25) is 17.9 Å². The van der Waals surface area contributed by atoms with E-state index in [-0.39, 0.29) is 33.5 Å². The predicted octanol–water partition coefficient (Wildman–Crippen LogP) is 5.40. The van der Waals surface area contributed by atoms with Gasteiger partial charge in [-0.2, -0.15) is 23.1 Å². The van der Waals surface area contributed by atoms with Crippen molar-refractivity contribution in [1.82, 2.24) is 24.8 Å². The van der Waals surface area contributed by atoms with Crippen molar-refractivity contribution in [2.75, 3.05) is 30.3 Å². The molecule has 0 saturated carbocycles. The number of rotatable bonds is 10. The number of para-hydroxylation sites is 2. The van der Waals surface area contributed by atoms with Gasteiger partial charge in [0.25, 0.3) is 0 Å². The molecule has 0 radical (unpaired) electrons. The summed E-state index contributed by atoms with van der Waals surface area (Å²) in [6.07, 6.45) is -4.74. The minimum atomic E-state index is -4.84. The number of carbonyl (C=O) groups is 1. The Kier molecular flexibility index (Phi) is 8.39. The molecule has 228 valence electrons. The highest BCUT2D eigenvalue weighted by atomic mass is 35.5. The molecule has 4 N–H and O–H groups in total. The second-order valence-electron chi connectivity index (χ2n) is 10.9. The Bertz CT molecular complexity index is 1630. The van der Waals surface area contributed by atoms with Crippen molar-refractivity contribution in [2.24, 2.45) is 5.41 Å². The number of nitrogen functional groups attached to an aromatic ring is 1. The van der Waals surface area contributed by atoms with Crippen molar-refractivity contribution in [3.63, 3.8) is 0 Å². The molecule has 0 bridgehead atoms. The Labute approximate surface area is 250 Å². The summed E-state index contributed by atoms with van der Waals surface area (Å²) in [5.74, 6) is -1.19. The molecule has 3 heterocycles. The second-order valence-corrected chi connectivity index (χ2v) is 11.3.